The fourth-order valence-electron chi connectivity index (χ4n) is 2.63. The molecule has 2 nitrogen and oxygen atoms in total. The predicted octanol–water partition coefficient (Wildman–Crippen LogP) is 4.42. The van der Waals surface area contributed by atoms with Crippen molar-refractivity contribution in [3.05, 3.63) is 70.3 Å². The Morgan fingerprint density at radius 1 is 1.00 bits per heavy atom. The second-order valence-electron chi connectivity index (χ2n) is 6.05. The van der Waals surface area contributed by atoms with Gasteiger partial charge in [0.1, 0.15) is 0 Å². The average molecular weight is 295 g/mol. The van der Waals surface area contributed by atoms with Crippen LogP contribution in [-0.4, -0.2) is 5.91 Å². The lowest BCUT2D eigenvalue weighted by atomic mass is 10.0. The van der Waals surface area contributed by atoms with Gasteiger partial charge in [-0.05, 0) is 43.9 Å². The number of nitrogens with one attached hydrogen (secondary N) is 1. The highest BCUT2D eigenvalue weighted by Gasteiger charge is 2.13. The molecule has 1 atom stereocenters. The third-order valence-corrected chi connectivity index (χ3v) is 4.08. The summed E-state index contributed by atoms with van der Waals surface area (Å²) in [4.78, 5) is 12.4. The van der Waals surface area contributed by atoms with Crippen LogP contribution in [0.4, 0.5) is 0 Å². The van der Waals surface area contributed by atoms with E-state index in [9.17, 15) is 4.79 Å². The number of carbonyl (C=O) groups is 1. The molecule has 0 radical (unpaired) electrons. The topological polar surface area (TPSA) is 29.1 Å². The highest BCUT2D eigenvalue weighted by molar-refractivity contribution is 5.79. The maximum Gasteiger partial charge on any atom is 0.224 e. The summed E-state index contributed by atoms with van der Waals surface area (Å²) in [5.41, 5.74) is 5.88. The quantitative estimate of drug-likeness (QED) is 0.869. The highest BCUT2D eigenvalue weighted by Crippen LogP contribution is 2.18. The normalized spacial score (nSPS) is 12.0. The number of hydrogen-bond acceptors (Lipinski definition) is 1. The van der Waals surface area contributed by atoms with Gasteiger partial charge in [0, 0.05) is 0 Å². The van der Waals surface area contributed by atoms with Crippen LogP contribution in [-0.2, 0) is 11.2 Å². The summed E-state index contributed by atoms with van der Waals surface area (Å²) in [6, 6.07) is 14.7. The van der Waals surface area contributed by atoms with E-state index in [0.717, 1.165) is 12.0 Å². The molecule has 0 spiro atoms. The number of benzene rings is 2. The second kappa shape index (κ2) is 7.26. The van der Waals surface area contributed by atoms with E-state index in [2.05, 4.69) is 75.5 Å². The molecule has 0 aromatic heterocycles. The number of hydrogen-bond donors (Lipinski definition) is 1. The van der Waals surface area contributed by atoms with Gasteiger partial charge in [0.05, 0.1) is 12.5 Å². The van der Waals surface area contributed by atoms with E-state index >= 15 is 0 Å². The van der Waals surface area contributed by atoms with Gasteiger partial charge in [-0.1, -0.05) is 60.5 Å². The third kappa shape index (κ3) is 4.20. The SMILES string of the molecule is CCC(NC(=O)Cc1cc(C)ccc1C)c1ccc(C)cc1. The zero-order valence-electron chi connectivity index (χ0n) is 13.9. The first-order valence-electron chi connectivity index (χ1n) is 7.91. The van der Waals surface area contributed by atoms with Crippen LogP contribution in [0.1, 0.15) is 47.2 Å². The fraction of sp³-hybridized carbons (Fsp3) is 0.350. The van der Waals surface area contributed by atoms with Crippen molar-refractivity contribution >= 4 is 5.91 Å². The lowest BCUT2D eigenvalue weighted by Crippen LogP contribution is -2.29. The van der Waals surface area contributed by atoms with Crippen LogP contribution in [0.15, 0.2) is 42.5 Å². The Morgan fingerprint density at radius 3 is 2.27 bits per heavy atom. The predicted molar refractivity (Wildman–Crippen MR) is 92.0 cm³/mol. The van der Waals surface area contributed by atoms with Crippen LogP contribution in [0.2, 0.25) is 0 Å². The summed E-state index contributed by atoms with van der Waals surface area (Å²) in [6.07, 6.45) is 1.33. The Hall–Kier alpha value is -2.09. The number of rotatable bonds is 5. The van der Waals surface area contributed by atoms with Crippen LogP contribution in [0, 0.1) is 20.8 Å². The number of aryl methyl sites for hydroxylation is 3. The molecule has 2 aromatic carbocycles. The van der Waals surface area contributed by atoms with Crippen LogP contribution >= 0.6 is 0 Å². The summed E-state index contributed by atoms with van der Waals surface area (Å²) in [6.45, 7) is 8.29. The van der Waals surface area contributed by atoms with E-state index < -0.39 is 0 Å². The lowest BCUT2D eigenvalue weighted by Gasteiger charge is -2.18. The standard InChI is InChI=1S/C20H25NO/c1-5-19(17-10-7-14(2)8-11-17)21-20(22)13-18-12-15(3)6-9-16(18)4/h6-12,19H,5,13H2,1-4H3,(H,21,22). The van der Waals surface area contributed by atoms with Crippen LogP contribution in [0.3, 0.4) is 0 Å². The minimum Gasteiger partial charge on any atom is -0.349 e. The molecule has 0 aliphatic heterocycles. The zero-order chi connectivity index (χ0) is 16.1. The largest absolute Gasteiger partial charge is 0.349 e. The monoisotopic (exact) mass is 295 g/mol. The van der Waals surface area contributed by atoms with Crippen molar-refractivity contribution in [2.45, 2.75) is 46.6 Å². The van der Waals surface area contributed by atoms with E-state index in [1.165, 1.54) is 22.3 Å². The molecule has 0 saturated carbocycles. The Morgan fingerprint density at radius 2 is 1.64 bits per heavy atom. The summed E-state index contributed by atoms with van der Waals surface area (Å²) >= 11 is 0. The van der Waals surface area contributed by atoms with E-state index in [1.807, 2.05) is 0 Å². The van der Waals surface area contributed by atoms with Gasteiger partial charge < -0.3 is 5.32 Å². The summed E-state index contributed by atoms with van der Waals surface area (Å²) in [7, 11) is 0. The van der Waals surface area contributed by atoms with E-state index in [0.29, 0.717) is 6.42 Å². The van der Waals surface area contributed by atoms with E-state index in [1.54, 1.807) is 0 Å². The molecule has 22 heavy (non-hydrogen) atoms. The molecule has 2 rings (SSSR count). The molecule has 1 amide bonds. The van der Waals surface area contributed by atoms with Gasteiger partial charge in [-0.15, -0.1) is 0 Å². The molecule has 1 unspecified atom stereocenters. The number of amides is 1. The molecule has 2 heteroatoms. The van der Waals surface area contributed by atoms with Gasteiger partial charge in [-0.2, -0.15) is 0 Å². The minimum absolute atomic E-state index is 0.0817. The molecule has 116 valence electrons. The Balaban J connectivity index is 2.06. The van der Waals surface area contributed by atoms with Gasteiger partial charge in [-0.3, -0.25) is 4.79 Å². The minimum atomic E-state index is 0.0817. The Kier molecular flexibility index (Phi) is 5.37. The Bertz CT molecular complexity index is 643. The Labute approximate surface area is 133 Å². The smallest absolute Gasteiger partial charge is 0.224 e. The van der Waals surface area contributed by atoms with E-state index in [4.69, 9.17) is 0 Å². The molecule has 0 saturated heterocycles. The van der Waals surface area contributed by atoms with Crippen molar-refractivity contribution in [1.29, 1.82) is 0 Å². The lowest BCUT2D eigenvalue weighted by molar-refractivity contribution is -0.121. The first-order valence-corrected chi connectivity index (χ1v) is 7.91. The van der Waals surface area contributed by atoms with Crippen molar-refractivity contribution in [1.82, 2.24) is 5.32 Å². The first-order chi connectivity index (χ1) is 10.5. The third-order valence-electron chi connectivity index (χ3n) is 4.08. The second-order valence-corrected chi connectivity index (χ2v) is 6.05. The van der Waals surface area contributed by atoms with Gasteiger partial charge in [0.25, 0.3) is 0 Å². The van der Waals surface area contributed by atoms with Crippen LogP contribution in [0.25, 0.3) is 0 Å². The van der Waals surface area contributed by atoms with Crippen molar-refractivity contribution < 1.29 is 4.79 Å². The van der Waals surface area contributed by atoms with Crippen molar-refractivity contribution in [2.24, 2.45) is 0 Å². The summed E-state index contributed by atoms with van der Waals surface area (Å²) in [5.74, 6) is 0.0844. The van der Waals surface area contributed by atoms with Gasteiger partial charge in [0.2, 0.25) is 5.91 Å². The molecule has 1 N–H and O–H groups in total. The van der Waals surface area contributed by atoms with Gasteiger partial charge >= 0.3 is 0 Å². The number of carbonyl (C=O) groups excluding carboxylic acids is 1. The molecule has 2 aromatic rings. The highest BCUT2D eigenvalue weighted by atomic mass is 16.1. The van der Waals surface area contributed by atoms with Crippen LogP contribution in [0.5, 0.6) is 0 Å². The fourth-order valence-corrected chi connectivity index (χ4v) is 2.63. The molecule has 0 aliphatic carbocycles. The van der Waals surface area contributed by atoms with E-state index in [-0.39, 0.29) is 11.9 Å². The first kappa shape index (κ1) is 16.3. The maximum absolute atomic E-state index is 12.4. The summed E-state index contributed by atoms with van der Waals surface area (Å²) in [5, 5.41) is 3.16. The molecule has 0 heterocycles. The van der Waals surface area contributed by atoms with Gasteiger partial charge in [0.15, 0.2) is 0 Å². The zero-order valence-corrected chi connectivity index (χ0v) is 13.9. The maximum atomic E-state index is 12.4. The summed E-state index contributed by atoms with van der Waals surface area (Å²) < 4.78 is 0. The molecule has 0 aliphatic rings. The molecule has 0 fully saturated rings. The molecular weight excluding hydrogens is 270 g/mol. The van der Waals surface area contributed by atoms with Crippen molar-refractivity contribution in [3.63, 3.8) is 0 Å². The van der Waals surface area contributed by atoms with Gasteiger partial charge in [-0.25, -0.2) is 0 Å². The molecular formula is C20H25NO. The molecule has 0 bridgehead atoms. The van der Waals surface area contributed by atoms with Crippen molar-refractivity contribution in [3.8, 4) is 0 Å². The average Bonchev–Trinajstić information content (AvgIpc) is 2.49. The van der Waals surface area contributed by atoms with Crippen LogP contribution < -0.4 is 5.32 Å². The van der Waals surface area contributed by atoms with Crippen molar-refractivity contribution in [2.75, 3.05) is 0 Å².